The van der Waals surface area contributed by atoms with Crippen LogP contribution in [0, 0.1) is 11.8 Å². The second-order valence-electron chi connectivity index (χ2n) is 12.4. The molecule has 0 aliphatic heterocycles. The van der Waals surface area contributed by atoms with Crippen molar-refractivity contribution in [3.05, 3.63) is 35.9 Å². The van der Waals surface area contributed by atoms with E-state index in [4.69, 9.17) is 9.47 Å². The molecule has 0 bridgehead atoms. The Morgan fingerprint density at radius 2 is 1.50 bits per heavy atom. The Morgan fingerprint density at radius 3 is 2.05 bits per heavy atom. The third-order valence-corrected chi connectivity index (χ3v) is 6.64. The minimum absolute atomic E-state index is 0.00448. The molecule has 0 aromatic heterocycles. The van der Waals surface area contributed by atoms with Crippen molar-refractivity contribution >= 4 is 36.1 Å². The maximum absolute atomic E-state index is 13.5. The summed E-state index contributed by atoms with van der Waals surface area (Å²) in [4.78, 5) is 75.9. The fourth-order valence-corrected chi connectivity index (χ4v) is 4.12. The first-order valence-corrected chi connectivity index (χ1v) is 15.1. The van der Waals surface area contributed by atoms with Gasteiger partial charge in [0.1, 0.15) is 36.6 Å². The molecule has 0 saturated carbocycles. The van der Waals surface area contributed by atoms with Crippen LogP contribution in [0.3, 0.4) is 0 Å². The van der Waals surface area contributed by atoms with Crippen LogP contribution in [-0.2, 0) is 40.1 Å². The average molecular weight is 619 g/mol. The van der Waals surface area contributed by atoms with Gasteiger partial charge in [-0.25, -0.2) is 4.79 Å². The van der Waals surface area contributed by atoms with E-state index in [-0.39, 0.29) is 31.3 Å². The Labute approximate surface area is 260 Å². The molecule has 1 aromatic carbocycles. The molecule has 12 nitrogen and oxygen atoms in total. The summed E-state index contributed by atoms with van der Waals surface area (Å²) in [7, 11) is 0. The molecule has 0 fully saturated rings. The van der Waals surface area contributed by atoms with E-state index in [9.17, 15) is 28.8 Å². The Balaban J connectivity index is 3.04. The summed E-state index contributed by atoms with van der Waals surface area (Å²) in [5.41, 5.74) is 0.0227. The van der Waals surface area contributed by atoms with Crippen molar-refractivity contribution < 1.29 is 38.2 Å². The zero-order valence-corrected chi connectivity index (χ0v) is 27.2. The molecule has 4 amide bonds. The first-order valence-electron chi connectivity index (χ1n) is 15.1. The van der Waals surface area contributed by atoms with Crippen molar-refractivity contribution in [1.82, 2.24) is 21.3 Å². The zero-order valence-electron chi connectivity index (χ0n) is 27.2. The minimum atomic E-state index is -1.24. The molecule has 1 rings (SSSR count). The first kappa shape index (κ1) is 38.1. The van der Waals surface area contributed by atoms with Crippen LogP contribution in [0.25, 0.3) is 0 Å². The molecular formula is C32H50N4O8. The highest BCUT2D eigenvalue weighted by Crippen LogP contribution is 2.13. The van der Waals surface area contributed by atoms with Crippen molar-refractivity contribution in [2.24, 2.45) is 11.8 Å². The third kappa shape index (κ3) is 15.0. The van der Waals surface area contributed by atoms with Crippen molar-refractivity contribution in [3.8, 4) is 0 Å². The Hall–Kier alpha value is -3.96. The molecule has 0 spiro atoms. The van der Waals surface area contributed by atoms with Gasteiger partial charge < -0.3 is 35.5 Å². The Kier molecular flexibility index (Phi) is 16.1. The molecule has 4 N–H and O–H groups in total. The van der Waals surface area contributed by atoms with Gasteiger partial charge in [-0.05, 0) is 57.9 Å². The number of nitrogens with one attached hydrogen (secondary N) is 4. The van der Waals surface area contributed by atoms with Crippen LogP contribution in [0.15, 0.2) is 30.3 Å². The van der Waals surface area contributed by atoms with Crippen LogP contribution in [0.1, 0.15) is 86.6 Å². The van der Waals surface area contributed by atoms with Gasteiger partial charge >= 0.3 is 12.1 Å². The minimum Gasteiger partial charge on any atom is -0.460 e. The van der Waals surface area contributed by atoms with Gasteiger partial charge in [0.2, 0.25) is 17.7 Å². The molecule has 0 saturated heterocycles. The van der Waals surface area contributed by atoms with Gasteiger partial charge in [0.15, 0.2) is 0 Å². The smallest absolute Gasteiger partial charge is 0.408 e. The van der Waals surface area contributed by atoms with Crippen molar-refractivity contribution in [2.45, 2.75) is 117 Å². The lowest BCUT2D eigenvalue weighted by Crippen LogP contribution is -2.58. The largest absolute Gasteiger partial charge is 0.460 e. The highest BCUT2D eigenvalue weighted by molar-refractivity contribution is 5.94. The number of hydrogen-bond acceptors (Lipinski definition) is 8. The number of carbonyl (C=O) groups excluding carboxylic acids is 6. The molecule has 0 unspecified atom stereocenters. The van der Waals surface area contributed by atoms with Crippen LogP contribution < -0.4 is 21.3 Å². The number of amides is 4. The normalized spacial score (nSPS) is 14.7. The molecule has 12 heteroatoms. The maximum atomic E-state index is 13.5. The molecule has 246 valence electrons. The van der Waals surface area contributed by atoms with Crippen molar-refractivity contribution in [2.75, 3.05) is 0 Å². The van der Waals surface area contributed by atoms with E-state index in [1.807, 2.05) is 39.0 Å². The molecule has 0 aliphatic carbocycles. The van der Waals surface area contributed by atoms with Crippen molar-refractivity contribution in [3.63, 3.8) is 0 Å². The van der Waals surface area contributed by atoms with Crippen LogP contribution in [0.5, 0.6) is 0 Å². The topological polar surface area (TPSA) is 169 Å². The number of hydrogen-bond donors (Lipinski definition) is 4. The van der Waals surface area contributed by atoms with E-state index in [1.54, 1.807) is 39.8 Å². The van der Waals surface area contributed by atoms with Gasteiger partial charge in [0.05, 0.1) is 6.04 Å². The van der Waals surface area contributed by atoms with Crippen LogP contribution in [0.4, 0.5) is 4.79 Å². The Bertz CT molecular complexity index is 1100. The third-order valence-electron chi connectivity index (χ3n) is 6.64. The molecular weight excluding hydrogens is 568 g/mol. The summed E-state index contributed by atoms with van der Waals surface area (Å²) in [5, 5.41) is 10.4. The van der Waals surface area contributed by atoms with Crippen LogP contribution >= 0.6 is 0 Å². The van der Waals surface area contributed by atoms with E-state index in [1.165, 1.54) is 6.92 Å². The average Bonchev–Trinajstić information content (AvgIpc) is 2.95. The second-order valence-corrected chi connectivity index (χ2v) is 12.4. The van der Waals surface area contributed by atoms with E-state index in [0.717, 1.165) is 5.56 Å². The predicted octanol–water partition coefficient (Wildman–Crippen LogP) is 3.17. The van der Waals surface area contributed by atoms with Gasteiger partial charge in [-0.3, -0.25) is 19.2 Å². The lowest BCUT2D eigenvalue weighted by molar-refractivity contribution is -0.155. The van der Waals surface area contributed by atoms with Gasteiger partial charge in [-0.15, -0.1) is 0 Å². The fraction of sp³-hybridized carbons (Fsp3) is 0.625. The summed E-state index contributed by atoms with van der Waals surface area (Å²) in [6.07, 6.45) is 0.471. The zero-order chi connectivity index (χ0) is 33.4. The number of benzene rings is 1. The molecule has 0 radical (unpaired) electrons. The van der Waals surface area contributed by atoms with Gasteiger partial charge in [-0.1, -0.05) is 64.4 Å². The van der Waals surface area contributed by atoms with E-state index < -0.39 is 59.6 Å². The summed E-state index contributed by atoms with van der Waals surface area (Å²) in [6, 6.07) is 5.00. The highest BCUT2D eigenvalue weighted by atomic mass is 16.6. The summed E-state index contributed by atoms with van der Waals surface area (Å²) < 4.78 is 10.6. The summed E-state index contributed by atoms with van der Waals surface area (Å²) in [5.74, 6) is -2.70. The predicted molar refractivity (Wildman–Crippen MR) is 165 cm³/mol. The molecule has 0 heterocycles. The second kappa shape index (κ2) is 18.6. The number of carbonyl (C=O) groups is 6. The van der Waals surface area contributed by atoms with Crippen LogP contribution in [0.2, 0.25) is 0 Å². The summed E-state index contributed by atoms with van der Waals surface area (Å²) >= 11 is 0. The van der Waals surface area contributed by atoms with E-state index >= 15 is 0 Å². The van der Waals surface area contributed by atoms with Crippen molar-refractivity contribution in [1.29, 1.82) is 0 Å². The van der Waals surface area contributed by atoms with Gasteiger partial charge in [0.25, 0.3) is 0 Å². The van der Waals surface area contributed by atoms with Crippen LogP contribution in [-0.4, -0.2) is 65.8 Å². The van der Waals surface area contributed by atoms with Gasteiger partial charge in [0, 0.05) is 6.42 Å². The molecule has 0 aliphatic rings. The van der Waals surface area contributed by atoms with E-state index in [0.29, 0.717) is 19.1 Å². The fourth-order valence-electron chi connectivity index (χ4n) is 4.12. The molecule has 44 heavy (non-hydrogen) atoms. The number of esters is 1. The lowest BCUT2D eigenvalue weighted by Gasteiger charge is -2.27. The molecule has 5 atom stereocenters. The van der Waals surface area contributed by atoms with E-state index in [2.05, 4.69) is 21.3 Å². The lowest BCUT2D eigenvalue weighted by atomic mass is 9.97. The first-order chi connectivity index (χ1) is 20.6. The summed E-state index contributed by atoms with van der Waals surface area (Å²) in [6.45, 7) is 14.0. The maximum Gasteiger partial charge on any atom is 0.408 e. The quantitative estimate of drug-likeness (QED) is 0.152. The highest BCUT2D eigenvalue weighted by Gasteiger charge is 2.32. The number of ether oxygens (including phenoxy) is 2. The number of aldehydes is 1. The molecule has 1 aromatic rings. The standard InChI is InChI=1S/C32H50N4O8/c1-9-21(4)27(36-31(42)43-19-23-13-11-10-12-14-23)30(41)35-25(15-16-26(38)44-32(6,7)8)29(40)33-22(5)28(39)34-24(18-37)17-20(2)3/h10-14,18,20-22,24-25,27H,9,15-17,19H2,1-8H3,(H,33,40)(H,34,39)(H,35,41)(H,36,42)/t21-,22-,24-,25+,27-/m0/s1. The number of alkyl carbamates (subject to hydrolysis) is 1. The monoisotopic (exact) mass is 618 g/mol. The SMILES string of the molecule is CC[C@H](C)[C@H](NC(=O)OCc1ccccc1)C(=O)N[C@H](CCC(=O)OC(C)(C)C)C(=O)N[C@@H](C)C(=O)N[C@H](C=O)CC(C)C. The number of rotatable bonds is 17. The van der Waals surface area contributed by atoms with Gasteiger partial charge in [-0.2, -0.15) is 0 Å². The Morgan fingerprint density at radius 1 is 0.864 bits per heavy atom.